The van der Waals surface area contributed by atoms with Crippen LogP contribution in [0.15, 0.2) is 10.6 Å². The van der Waals surface area contributed by atoms with Crippen LogP contribution in [-0.2, 0) is 0 Å². The Labute approximate surface area is 106 Å². The van der Waals surface area contributed by atoms with Gasteiger partial charge in [0.2, 0.25) is 0 Å². The molecule has 0 saturated heterocycles. The molecule has 2 saturated carbocycles. The molecule has 2 aliphatic carbocycles. The van der Waals surface area contributed by atoms with Crippen molar-refractivity contribution in [2.45, 2.75) is 56.6 Å². The molecule has 0 spiro atoms. The van der Waals surface area contributed by atoms with Crippen molar-refractivity contribution < 1.29 is 14.4 Å². The van der Waals surface area contributed by atoms with E-state index in [0.717, 1.165) is 44.3 Å². The van der Waals surface area contributed by atoms with E-state index in [9.17, 15) is 9.90 Å². The van der Waals surface area contributed by atoms with Crippen molar-refractivity contribution in [3.05, 3.63) is 17.5 Å². The van der Waals surface area contributed by atoms with Gasteiger partial charge in [-0.05, 0) is 25.7 Å². The highest BCUT2D eigenvalue weighted by Crippen LogP contribution is 2.40. The number of rotatable bonds is 3. The second-order valence-corrected chi connectivity index (χ2v) is 5.32. The molecule has 2 atom stereocenters. The van der Waals surface area contributed by atoms with Gasteiger partial charge in [0, 0.05) is 12.0 Å². The summed E-state index contributed by atoms with van der Waals surface area (Å²) in [5.74, 6) is 1.03. The van der Waals surface area contributed by atoms with Crippen molar-refractivity contribution in [1.29, 1.82) is 0 Å². The van der Waals surface area contributed by atoms with Crippen LogP contribution < -0.4 is 5.32 Å². The Morgan fingerprint density at radius 3 is 2.83 bits per heavy atom. The van der Waals surface area contributed by atoms with E-state index in [-0.39, 0.29) is 11.9 Å². The zero-order valence-electron chi connectivity index (χ0n) is 10.3. The summed E-state index contributed by atoms with van der Waals surface area (Å²) in [5, 5.41) is 16.5. The lowest BCUT2D eigenvalue weighted by molar-refractivity contribution is 0.0711. The van der Waals surface area contributed by atoms with Crippen molar-refractivity contribution in [2.24, 2.45) is 0 Å². The maximum absolute atomic E-state index is 12.0. The van der Waals surface area contributed by atoms with Crippen LogP contribution in [0.4, 0.5) is 0 Å². The number of aliphatic hydroxyl groups is 1. The SMILES string of the molecule is O=C(N[C@@H]1CCCC[C@H]1O)c1cc(C2CC2)on1. The number of nitrogens with zero attached hydrogens (tertiary/aromatic N) is 1. The minimum Gasteiger partial charge on any atom is -0.391 e. The molecule has 1 amide bonds. The molecule has 2 N–H and O–H groups in total. The van der Waals surface area contributed by atoms with Crippen LogP contribution in [0.5, 0.6) is 0 Å². The minimum atomic E-state index is -0.433. The molecule has 3 rings (SSSR count). The molecule has 1 heterocycles. The van der Waals surface area contributed by atoms with E-state index in [0.29, 0.717) is 11.6 Å². The molecule has 98 valence electrons. The molecule has 5 nitrogen and oxygen atoms in total. The lowest BCUT2D eigenvalue weighted by Crippen LogP contribution is -2.45. The van der Waals surface area contributed by atoms with Gasteiger partial charge in [-0.1, -0.05) is 18.0 Å². The molecule has 0 aromatic carbocycles. The third-order valence-corrected chi connectivity index (χ3v) is 3.79. The fraction of sp³-hybridized carbons (Fsp3) is 0.692. The monoisotopic (exact) mass is 250 g/mol. The third-order valence-electron chi connectivity index (χ3n) is 3.79. The fourth-order valence-electron chi connectivity index (χ4n) is 2.48. The zero-order chi connectivity index (χ0) is 12.5. The highest BCUT2D eigenvalue weighted by atomic mass is 16.5. The van der Waals surface area contributed by atoms with Crippen LogP contribution in [0.2, 0.25) is 0 Å². The molecular weight excluding hydrogens is 232 g/mol. The Hall–Kier alpha value is -1.36. The summed E-state index contributed by atoms with van der Waals surface area (Å²) >= 11 is 0. The number of aromatic nitrogens is 1. The Morgan fingerprint density at radius 2 is 2.11 bits per heavy atom. The molecule has 1 aromatic heterocycles. The number of amides is 1. The maximum Gasteiger partial charge on any atom is 0.273 e. The molecule has 0 radical (unpaired) electrons. The van der Waals surface area contributed by atoms with Gasteiger partial charge in [-0.3, -0.25) is 4.79 Å². The van der Waals surface area contributed by atoms with Crippen molar-refractivity contribution >= 4 is 5.91 Å². The van der Waals surface area contributed by atoms with E-state index in [1.165, 1.54) is 0 Å². The van der Waals surface area contributed by atoms with Crippen LogP contribution >= 0.6 is 0 Å². The Kier molecular flexibility index (Phi) is 3.07. The standard InChI is InChI=1S/C13H18N2O3/c16-11-4-2-1-3-9(11)14-13(17)10-7-12(18-15-10)8-5-6-8/h7-9,11,16H,1-6H2,(H,14,17)/t9-,11-/m1/s1. The molecular formula is C13H18N2O3. The Bertz CT molecular complexity index is 439. The first-order valence-corrected chi connectivity index (χ1v) is 6.69. The van der Waals surface area contributed by atoms with Gasteiger partial charge in [-0.15, -0.1) is 0 Å². The number of carbonyl (C=O) groups excluding carboxylic acids is 1. The van der Waals surface area contributed by atoms with Crippen molar-refractivity contribution in [3.8, 4) is 0 Å². The van der Waals surface area contributed by atoms with E-state index in [1.54, 1.807) is 6.07 Å². The number of hydrogen-bond donors (Lipinski definition) is 2. The molecule has 1 aromatic rings. The average molecular weight is 250 g/mol. The topological polar surface area (TPSA) is 75.4 Å². The van der Waals surface area contributed by atoms with Gasteiger partial charge in [0.1, 0.15) is 5.76 Å². The summed E-state index contributed by atoms with van der Waals surface area (Å²) in [6.45, 7) is 0. The summed E-state index contributed by atoms with van der Waals surface area (Å²) in [5.41, 5.74) is 0.328. The highest BCUT2D eigenvalue weighted by Gasteiger charge is 2.30. The van der Waals surface area contributed by atoms with Crippen LogP contribution in [0, 0.1) is 0 Å². The van der Waals surface area contributed by atoms with Crippen molar-refractivity contribution in [3.63, 3.8) is 0 Å². The van der Waals surface area contributed by atoms with Gasteiger partial charge >= 0.3 is 0 Å². The normalized spacial score (nSPS) is 28.1. The van der Waals surface area contributed by atoms with Crippen LogP contribution in [0.1, 0.15) is 60.7 Å². The summed E-state index contributed by atoms with van der Waals surface area (Å²) in [6.07, 6.45) is 5.49. The summed E-state index contributed by atoms with van der Waals surface area (Å²) in [6, 6.07) is 1.58. The molecule has 18 heavy (non-hydrogen) atoms. The average Bonchev–Trinajstić information content (AvgIpc) is 3.10. The first-order valence-electron chi connectivity index (χ1n) is 6.69. The molecule has 0 aliphatic heterocycles. The number of carbonyl (C=O) groups is 1. The van der Waals surface area contributed by atoms with E-state index in [2.05, 4.69) is 10.5 Å². The second kappa shape index (κ2) is 4.72. The second-order valence-electron chi connectivity index (χ2n) is 5.32. The van der Waals surface area contributed by atoms with Gasteiger partial charge in [-0.2, -0.15) is 0 Å². The van der Waals surface area contributed by atoms with Gasteiger partial charge < -0.3 is 14.9 Å². The minimum absolute atomic E-state index is 0.146. The van der Waals surface area contributed by atoms with Crippen LogP contribution in [0.25, 0.3) is 0 Å². The summed E-state index contributed by atoms with van der Waals surface area (Å²) in [4.78, 5) is 12.0. The van der Waals surface area contributed by atoms with Crippen LogP contribution in [0.3, 0.4) is 0 Å². The fourth-order valence-corrected chi connectivity index (χ4v) is 2.48. The predicted octanol–water partition coefficient (Wildman–Crippen LogP) is 1.59. The largest absolute Gasteiger partial charge is 0.391 e. The summed E-state index contributed by atoms with van der Waals surface area (Å²) in [7, 11) is 0. The van der Waals surface area contributed by atoms with Crippen LogP contribution in [-0.4, -0.2) is 28.3 Å². The molecule has 5 heteroatoms. The lowest BCUT2D eigenvalue weighted by Gasteiger charge is -2.27. The molecule has 2 aliphatic rings. The Balaban J connectivity index is 1.62. The molecule has 0 unspecified atom stereocenters. The lowest BCUT2D eigenvalue weighted by atomic mass is 9.92. The van der Waals surface area contributed by atoms with Gasteiger partial charge in [0.05, 0.1) is 12.1 Å². The van der Waals surface area contributed by atoms with Gasteiger partial charge in [0.25, 0.3) is 5.91 Å². The van der Waals surface area contributed by atoms with Gasteiger partial charge in [-0.25, -0.2) is 0 Å². The van der Waals surface area contributed by atoms with E-state index < -0.39 is 6.10 Å². The van der Waals surface area contributed by atoms with E-state index in [1.807, 2.05) is 0 Å². The number of aliphatic hydroxyl groups excluding tert-OH is 1. The van der Waals surface area contributed by atoms with Gasteiger partial charge in [0.15, 0.2) is 5.69 Å². The smallest absolute Gasteiger partial charge is 0.273 e. The predicted molar refractivity (Wildman–Crippen MR) is 64.2 cm³/mol. The van der Waals surface area contributed by atoms with E-state index >= 15 is 0 Å². The summed E-state index contributed by atoms with van der Waals surface area (Å²) < 4.78 is 5.15. The van der Waals surface area contributed by atoms with Crippen molar-refractivity contribution in [2.75, 3.05) is 0 Å². The molecule has 0 bridgehead atoms. The number of nitrogens with one attached hydrogen (secondary N) is 1. The first kappa shape index (κ1) is 11.7. The highest BCUT2D eigenvalue weighted by molar-refractivity contribution is 5.92. The van der Waals surface area contributed by atoms with E-state index in [4.69, 9.17) is 4.52 Å². The number of hydrogen-bond acceptors (Lipinski definition) is 4. The molecule has 2 fully saturated rings. The first-order chi connectivity index (χ1) is 8.74. The third kappa shape index (κ3) is 2.41. The maximum atomic E-state index is 12.0. The zero-order valence-corrected chi connectivity index (χ0v) is 10.3. The Morgan fingerprint density at radius 1 is 1.33 bits per heavy atom. The quantitative estimate of drug-likeness (QED) is 0.854. The van der Waals surface area contributed by atoms with Crippen molar-refractivity contribution in [1.82, 2.24) is 10.5 Å².